The van der Waals surface area contributed by atoms with E-state index in [1.54, 1.807) is 6.08 Å². The summed E-state index contributed by atoms with van der Waals surface area (Å²) in [7, 11) is 0. The molecule has 0 aliphatic heterocycles. The van der Waals surface area contributed by atoms with Gasteiger partial charge in [-0.05, 0) is 34.1 Å². The van der Waals surface area contributed by atoms with Crippen LogP contribution in [0.4, 0.5) is 14.5 Å². The van der Waals surface area contributed by atoms with Gasteiger partial charge in [-0.1, -0.05) is 45.9 Å². The molecular formula is C19H14Br2F2N4OS. The minimum Gasteiger partial charge on any atom is -0.322 e. The van der Waals surface area contributed by atoms with E-state index in [0.29, 0.717) is 23.6 Å². The summed E-state index contributed by atoms with van der Waals surface area (Å²) < 4.78 is 30.0. The van der Waals surface area contributed by atoms with Gasteiger partial charge in [0.15, 0.2) is 16.8 Å². The molecule has 0 atom stereocenters. The first-order valence-electron chi connectivity index (χ1n) is 8.26. The fourth-order valence-electron chi connectivity index (χ4n) is 2.47. The van der Waals surface area contributed by atoms with Crippen molar-refractivity contribution in [3.8, 4) is 11.4 Å². The first-order chi connectivity index (χ1) is 13.9. The quantitative estimate of drug-likeness (QED) is 0.308. The molecule has 5 nitrogen and oxygen atoms in total. The van der Waals surface area contributed by atoms with Crippen molar-refractivity contribution >= 4 is 55.2 Å². The summed E-state index contributed by atoms with van der Waals surface area (Å²) in [5.74, 6) is -1.44. The molecule has 10 heteroatoms. The number of allylic oxidation sites excluding steroid dienone is 1. The summed E-state index contributed by atoms with van der Waals surface area (Å²) >= 11 is 7.60. The summed E-state index contributed by atoms with van der Waals surface area (Å²) in [5, 5.41) is 11.4. The van der Waals surface area contributed by atoms with Crippen LogP contribution in [0.25, 0.3) is 11.4 Å². The minimum atomic E-state index is -0.859. The van der Waals surface area contributed by atoms with Gasteiger partial charge in [-0.15, -0.1) is 16.8 Å². The molecule has 1 N–H and O–H groups in total. The van der Waals surface area contributed by atoms with Crippen LogP contribution in [0.1, 0.15) is 0 Å². The van der Waals surface area contributed by atoms with E-state index < -0.39 is 17.5 Å². The molecule has 0 aliphatic carbocycles. The number of aromatic nitrogens is 3. The molecule has 1 amide bonds. The molecule has 0 radical (unpaired) electrons. The number of nitrogens with one attached hydrogen (secondary N) is 1. The van der Waals surface area contributed by atoms with Crippen LogP contribution in [0, 0.1) is 11.6 Å². The molecule has 0 fully saturated rings. The van der Waals surface area contributed by atoms with Gasteiger partial charge in [0.2, 0.25) is 5.91 Å². The second kappa shape index (κ2) is 9.64. The molecule has 150 valence electrons. The van der Waals surface area contributed by atoms with Crippen molar-refractivity contribution in [2.24, 2.45) is 0 Å². The van der Waals surface area contributed by atoms with E-state index in [0.717, 1.165) is 27.9 Å². The SMILES string of the molecule is C=CCn1c(SCC(=O)Nc2c(F)cc(F)cc2Br)nnc1-c1ccc(Br)cc1. The molecule has 0 spiro atoms. The summed E-state index contributed by atoms with van der Waals surface area (Å²) in [6.07, 6.45) is 1.71. The fourth-order valence-corrected chi connectivity index (χ4v) is 3.99. The molecule has 3 aromatic rings. The van der Waals surface area contributed by atoms with Crippen molar-refractivity contribution < 1.29 is 13.6 Å². The maximum absolute atomic E-state index is 13.9. The number of thioether (sulfide) groups is 1. The van der Waals surface area contributed by atoms with Crippen molar-refractivity contribution in [3.63, 3.8) is 0 Å². The van der Waals surface area contributed by atoms with Crippen LogP contribution in [0.3, 0.4) is 0 Å². The number of hydrogen-bond donors (Lipinski definition) is 1. The summed E-state index contributed by atoms with van der Waals surface area (Å²) in [6, 6.07) is 9.40. The van der Waals surface area contributed by atoms with E-state index in [1.165, 1.54) is 0 Å². The average Bonchev–Trinajstić information content (AvgIpc) is 3.06. The van der Waals surface area contributed by atoms with Gasteiger partial charge in [-0.25, -0.2) is 8.78 Å². The van der Waals surface area contributed by atoms with Crippen molar-refractivity contribution in [2.45, 2.75) is 11.7 Å². The molecule has 0 saturated carbocycles. The topological polar surface area (TPSA) is 59.8 Å². The second-order valence-corrected chi connectivity index (χ2v) is 8.51. The predicted molar refractivity (Wildman–Crippen MR) is 117 cm³/mol. The van der Waals surface area contributed by atoms with Gasteiger partial charge in [0.1, 0.15) is 5.82 Å². The van der Waals surface area contributed by atoms with E-state index in [2.05, 4.69) is 54.0 Å². The number of halogens is 4. The van der Waals surface area contributed by atoms with Crippen LogP contribution in [-0.4, -0.2) is 26.4 Å². The van der Waals surface area contributed by atoms with Gasteiger partial charge in [-0.3, -0.25) is 9.36 Å². The van der Waals surface area contributed by atoms with Crippen LogP contribution >= 0.6 is 43.6 Å². The highest BCUT2D eigenvalue weighted by Gasteiger charge is 2.17. The molecular weight excluding hydrogens is 530 g/mol. The van der Waals surface area contributed by atoms with E-state index in [9.17, 15) is 13.6 Å². The summed E-state index contributed by atoms with van der Waals surface area (Å²) in [4.78, 5) is 12.3. The Kier molecular flexibility index (Phi) is 7.20. The number of amides is 1. The van der Waals surface area contributed by atoms with Gasteiger partial charge < -0.3 is 5.32 Å². The van der Waals surface area contributed by atoms with Crippen LogP contribution in [0.2, 0.25) is 0 Å². The lowest BCUT2D eigenvalue weighted by Crippen LogP contribution is -2.16. The number of rotatable bonds is 7. The smallest absolute Gasteiger partial charge is 0.234 e. The van der Waals surface area contributed by atoms with Crippen LogP contribution in [0.5, 0.6) is 0 Å². The highest BCUT2D eigenvalue weighted by Crippen LogP contribution is 2.28. The first-order valence-corrected chi connectivity index (χ1v) is 10.8. The highest BCUT2D eigenvalue weighted by molar-refractivity contribution is 9.10. The molecule has 0 saturated heterocycles. The molecule has 1 heterocycles. The number of carbonyl (C=O) groups is 1. The molecule has 0 bridgehead atoms. The lowest BCUT2D eigenvalue weighted by Gasteiger charge is -2.10. The molecule has 0 unspecified atom stereocenters. The van der Waals surface area contributed by atoms with Crippen LogP contribution < -0.4 is 5.32 Å². The average molecular weight is 544 g/mol. The van der Waals surface area contributed by atoms with E-state index in [1.807, 2.05) is 28.8 Å². The van der Waals surface area contributed by atoms with Gasteiger partial charge >= 0.3 is 0 Å². The highest BCUT2D eigenvalue weighted by atomic mass is 79.9. The third-order valence-electron chi connectivity index (χ3n) is 3.73. The Morgan fingerprint density at radius 1 is 1.21 bits per heavy atom. The largest absolute Gasteiger partial charge is 0.322 e. The Bertz CT molecular complexity index is 1030. The molecule has 0 aliphatic rings. The van der Waals surface area contributed by atoms with Gasteiger partial charge in [-0.2, -0.15) is 0 Å². The number of anilines is 1. The Hall–Kier alpha value is -2.04. The standard InChI is InChI=1S/C19H14Br2F2N4OS/c1-2-7-27-18(11-3-5-12(20)6-4-11)25-26-19(27)29-10-16(28)24-17-14(21)8-13(22)9-15(17)23/h2-6,8-9H,1,7,10H2,(H,24,28). The Morgan fingerprint density at radius 2 is 1.93 bits per heavy atom. The summed E-state index contributed by atoms with van der Waals surface area (Å²) in [6.45, 7) is 4.21. The van der Waals surface area contributed by atoms with Gasteiger partial charge in [0, 0.05) is 27.1 Å². The van der Waals surface area contributed by atoms with E-state index >= 15 is 0 Å². The van der Waals surface area contributed by atoms with Gasteiger partial charge in [0.25, 0.3) is 0 Å². The third kappa shape index (κ3) is 5.31. The summed E-state index contributed by atoms with van der Waals surface area (Å²) in [5.41, 5.74) is 0.760. The van der Waals surface area contributed by atoms with Crippen molar-refractivity contribution in [1.82, 2.24) is 14.8 Å². The van der Waals surface area contributed by atoms with Crippen molar-refractivity contribution in [1.29, 1.82) is 0 Å². The van der Waals surface area contributed by atoms with Crippen LogP contribution in [0.15, 0.2) is 63.2 Å². The molecule has 29 heavy (non-hydrogen) atoms. The number of hydrogen-bond acceptors (Lipinski definition) is 4. The zero-order valence-corrected chi connectivity index (χ0v) is 18.8. The zero-order valence-electron chi connectivity index (χ0n) is 14.8. The van der Waals surface area contributed by atoms with Crippen molar-refractivity contribution in [3.05, 3.63) is 69.6 Å². The van der Waals surface area contributed by atoms with E-state index in [-0.39, 0.29) is 15.9 Å². The monoisotopic (exact) mass is 542 g/mol. The molecule has 3 rings (SSSR count). The Labute approximate surface area is 186 Å². The number of nitrogens with zero attached hydrogens (tertiary/aromatic N) is 3. The van der Waals surface area contributed by atoms with Crippen molar-refractivity contribution in [2.75, 3.05) is 11.1 Å². The van der Waals surface area contributed by atoms with E-state index in [4.69, 9.17) is 0 Å². The predicted octanol–water partition coefficient (Wildman–Crippen LogP) is 5.67. The lowest BCUT2D eigenvalue weighted by molar-refractivity contribution is -0.113. The number of carbonyl (C=O) groups excluding carboxylic acids is 1. The minimum absolute atomic E-state index is 0.0289. The maximum Gasteiger partial charge on any atom is 0.234 e. The fraction of sp³-hybridized carbons (Fsp3) is 0.105. The normalized spacial score (nSPS) is 10.8. The first kappa shape index (κ1) is 21.7. The molecule has 1 aromatic heterocycles. The maximum atomic E-state index is 13.9. The van der Waals surface area contributed by atoms with Gasteiger partial charge in [0.05, 0.1) is 11.4 Å². The lowest BCUT2D eigenvalue weighted by atomic mass is 10.2. The Balaban J connectivity index is 1.74. The number of benzene rings is 2. The third-order valence-corrected chi connectivity index (χ3v) is 5.86. The van der Waals surface area contributed by atoms with Crippen LogP contribution in [-0.2, 0) is 11.3 Å². The Morgan fingerprint density at radius 3 is 2.59 bits per heavy atom. The zero-order chi connectivity index (χ0) is 21.0. The molecule has 2 aromatic carbocycles. The second-order valence-electron chi connectivity index (χ2n) is 5.79.